The van der Waals surface area contributed by atoms with Gasteiger partial charge in [-0.05, 0) is 73.9 Å². The van der Waals surface area contributed by atoms with Crippen molar-refractivity contribution in [3.8, 4) is 5.75 Å². The maximum absolute atomic E-state index is 12.8. The minimum Gasteiger partial charge on any atom is -0.482 e. The molecule has 170 valence electrons. The molecular formula is C28H29ClN2O2. The maximum atomic E-state index is 12.8. The minimum absolute atomic E-state index is 0. The van der Waals surface area contributed by atoms with Crippen LogP contribution in [0.5, 0.6) is 5.75 Å². The second-order valence-corrected chi connectivity index (χ2v) is 10.9. The van der Waals surface area contributed by atoms with E-state index in [1.54, 1.807) is 0 Å². The van der Waals surface area contributed by atoms with Gasteiger partial charge in [-0.25, -0.2) is 4.98 Å². The molecule has 2 aromatic carbocycles. The van der Waals surface area contributed by atoms with E-state index in [4.69, 9.17) is 9.72 Å². The number of piperidine rings is 1. The standard InChI is InChI=1S/C28H28N2O2.ClH/c1-16-6-9-19-13-22-28(31)14-20-12-18-4-2-3-5-21(18)29-24(20)26-27(28,23(19)25(16)32-26)10-11-30(22)15-17-7-8-17;/h2-6,9,12,17,22,26,31H,7-8,10-11,13-15H2,1H3;1H/t22-,26-,27-,28+;/m0./s1. The van der Waals surface area contributed by atoms with Gasteiger partial charge >= 0.3 is 0 Å². The number of nitrogens with zero attached hydrogens (tertiary/aromatic N) is 2. The van der Waals surface area contributed by atoms with Gasteiger partial charge in [-0.1, -0.05) is 30.3 Å². The van der Waals surface area contributed by atoms with Crippen molar-refractivity contribution in [2.45, 2.75) is 62.2 Å². The third-order valence-electron chi connectivity index (χ3n) is 9.28. The number of hydrogen-bond donors (Lipinski definition) is 1. The second-order valence-electron chi connectivity index (χ2n) is 10.9. The van der Waals surface area contributed by atoms with Crippen LogP contribution in [-0.4, -0.2) is 39.7 Å². The van der Waals surface area contributed by atoms with Crippen LogP contribution in [0, 0.1) is 12.8 Å². The number of aryl methyl sites for hydroxylation is 1. The highest BCUT2D eigenvalue weighted by molar-refractivity contribution is 5.85. The van der Waals surface area contributed by atoms with Crippen molar-refractivity contribution in [2.75, 3.05) is 13.1 Å². The van der Waals surface area contributed by atoms with Gasteiger partial charge in [0.25, 0.3) is 0 Å². The molecule has 5 aliphatic rings. The average Bonchev–Trinajstić information content (AvgIpc) is 3.53. The van der Waals surface area contributed by atoms with Crippen LogP contribution >= 0.6 is 12.4 Å². The average molecular weight is 461 g/mol. The molecule has 1 saturated heterocycles. The molecule has 2 bridgehead atoms. The highest BCUT2D eigenvalue weighted by Gasteiger charge is 2.72. The van der Waals surface area contributed by atoms with Crippen molar-refractivity contribution in [3.05, 3.63) is 70.4 Å². The Labute approximate surface area is 200 Å². The molecule has 1 N–H and O–H groups in total. The first-order chi connectivity index (χ1) is 15.6. The fourth-order valence-corrected chi connectivity index (χ4v) is 7.63. The lowest BCUT2D eigenvalue weighted by Gasteiger charge is -2.63. The molecule has 3 heterocycles. The van der Waals surface area contributed by atoms with Crippen molar-refractivity contribution >= 4 is 23.3 Å². The highest BCUT2D eigenvalue weighted by Crippen LogP contribution is 2.67. The molecule has 1 spiro atoms. The Bertz CT molecular complexity index is 1320. The summed E-state index contributed by atoms with van der Waals surface area (Å²) in [4.78, 5) is 7.79. The summed E-state index contributed by atoms with van der Waals surface area (Å²) in [6, 6.07) is 15.3. The van der Waals surface area contributed by atoms with E-state index in [-0.39, 0.29) is 24.6 Å². The lowest BCUT2D eigenvalue weighted by molar-refractivity contribution is -0.173. The van der Waals surface area contributed by atoms with Gasteiger partial charge in [-0.2, -0.15) is 0 Å². The van der Waals surface area contributed by atoms with E-state index in [1.807, 2.05) is 0 Å². The summed E-state index contributed by atoms with van der Waals surface area (Å²) in [5.74, 6) is 1.84. The van der Waals surface area contributed by atoms with Crippen LogP contribution in [0.3, 0.4) is 0 Å². The molecule has 4 nitrogen and oxygen atoms in total. The molecule has 3 aromatic rings. The molecule has 3 aliphatic carbocycles. The number of para-hydroxylation sites is 1. The van der Waals surface area contributed by atoms with Gasteiger partial charge in [-0.3, -0.25) is 4.90 Å². The number of likely N-dealkylation sites (tertiary alicyclic amines) is 1. The number of halogens is 1. The predicted octanol–water partition coefficient (Wildman–Crippen LogP) is 4.66. The smallest absolute Gasteiger partial charge is 0.153 e. The predicted molar refractivity (Wildman–Crippen MR) is 130 cm³/mol. The van der Waals surface area contributed by atoms with Gasteiger partial charge in [-0.15, -0.1) is 12.4 Å². The van der Waals surface area contributed by atoms with Crippen LogP contribution in [0.15, 0.2) is 42.5 Å². The van der Waals surface area contributed by atoms with E-state index in [0.717, 1.165) is 54.2 Å². The van der Waals surface area contributed by atoms with E-state index in [1.165, 1.54) is 35.1 Å². The minimum atomic E-state index is -0.825. The van der Waals surface area contributed by atoms with Gasteiger partial charge in [0.1, 0.15) is 5.75 Å². The summed E-state index contributed by atoms with van der Waals surface area (Å²) in [5, 5.41) is 13.9. The fourth-order valence-electron chi connectivity index (χ4n) is 7.63. The van der Waals surface area contributed by atoms with Crippen LogP contribution in [-0.2, 0) is 18.3 Å². The van der Waals surface area contributed by atoms with Crippen LogP contribution in [0.4, 0.5) is 0 Å². The van der Waals surface area contributed by atoms with Gasteiger partial charge < -0.3 is 9.84 Å². The Morgan fingerprint density at radius 1 is 1.15 bits per heavy atom. The molecule has 0 radical (unpaired) electrons. The number of ether oxygens (including phenoxy) is 1. The number of pyridine rings is 1. The molecule has 8 rings (SSSR count). The summed E-state index contributed by atoms with van der Waals surface area (Å²) in [6.45, 7) is 4.32. The first kappa shape index (κ1) is 20.3. The Balaban J connectivity index is 0.00000190. The van der Waals surface area contributed by atoms with Gasteiger partial charge in [0.15, 0.2) is 6.10 Å². The van der Waals surface area contributed by atoms with Crippen molar-refractivity contribution in [3.63, 3.8) is 0 Å². The van der Waals surface area contributed by atoms with Crippen LogP contribution in [0.2, 0.25) is 0 Å². The third kappa shape index (κ3) is 2.37. The van der Waals surface area contributed by atoms with E-state index >= 15 is 0 Å². The molecular weight excluding hydrogens is 432 g/mol. The van der Waals surface area contributed by atoms with Gasteiger partial charge in [0.2, 0.25) is 0 Å². The topological polar surface area (TPSA) is 45.6 Å². The first-order valence-corrected chi connectivity index (χ1v) is 12.2. The zero-order valence-corrected chi connectivity index (χ0v) is 19.7. The van der Waals surface area contributed by atoms with E-state index in [0.29, 0.717) is 6.42 Å². The number of hydrogen-bond acceptors (Lipinski definition) is 4. The highest BCUT2D eigenvalue weighted by atomic mass is 35.5. The molecule has 33 heavy (non-hydrogen) atoms. The second kappa shape index (κ2) is 6.50. The molecule has 2 fully saturated rings. The zero-order valence-electron chi connectivity index (χ0n) is 18.9. The molecule has 2 aliphatic heterocycles. The lowest BCUT2D eigenvalue weighted by atomic mass is 9.49. The van der Waals surface area contributed by atoms with E-state index < -0.39 is 11.0 Å². The number of aromatic nitrogens is 1. The quantitative estimate of drug-likeness (QED) is 0.604. The van der Waals surface area contributed by atoms with E-state index in [2.05, 4.69) is 54.3 Å². The summed E-state index contributed by atoms with van der Waals surface area (Å²) in [5.41, 5.74) is 5.87. The molecule has 4 atom stereocenters. The molecule has 1 saturated carbocycles. The van der Waals surface area contributed by atoms with Crippen molar-refractivity contribution in [1.29, 1.82) is 0 Å². The van der Waals surface area contributed by atoms with Gasteiger partial charge in [0.05, 0.1) is 22.2 Å². The third-order valence-corrected chi connectivity index (χ3v) is 9.28. The number of rotatable bonds is 2. The Kier molecular flexibility index (Phi) is 3.99. The maximum Gasteiger partial charge on any atom is 0.153 e. The Morgan fingerprint density at radius 3 is 2.85 bits per heavy atom. The number of aliphatic hydroxyl groups is 1. The molecule has 0 unspecified atom stereocenters. The lowest BCUT2D eigenvalue weighted by Crippen LogP contribution is -2.74. The van der Waals surface area contributed by atoms with Crippen LogP contribution < -0.4 is 4.74 Å². The molecule has 1 aromatic heterocycles. The van der Waals surface area contributed by atoms with Crippen molar-refractivity contribution in [1.82, 2.24) is 9.88 Å². The normalized spacial score (nSPS) is 33.2. The van der Waals surface area contributed by atoms with Gasteiger partial charge in [0, 0.05) is 30.0 Å². The van der Waals surface area contributed by atoms with Crippen molar-refractivity contribution in [2.24, 2.45) is 5.92 Å². The molecule has 5 heteroatoms. The summed E-state index contributed by atoms with van der Waals surface area (Å²) >= 11 is 0. The van der Waals surface area contributed by atoms with Crippen LogP contribution in [0.25, 0.3) is 10.9 Å². The van der Waals surface area contributed by atoms with E-state index in [9.17, 15) is 5.11 Å². The zero-order chi connectivity index (χ0) is 21.2. The number of benzene rings is 2. The van der Waals surface area contributed by atoms with Crippen LogP contribution in [0.1, 0.15) is 53.3 Å². The summed E-state index contributed by atoms with van der Waals surface area (Å²) in [7, 11) is 0. The summed E-state index contributed by atoms with van der Waals surface area (Å²) < 4.78 is 6.84. The molecule has 0 amide bonds. The fraction of sp³-hybridized carbons (Fsp3) is 0.464. The van der Waals surface area contributed by atoms with Crippen molar-refractivity contribution < 1.29 is 9.84 Å². The monoisotopic (exact) mass is 460 g/mol. The largest absolute Gasteiger partial charge is 0.482 e. The number of fused-ring (bicyclic) bond motifs is 3. The first-order valence-electron chi connectivity index (χ1n) is 12.2. The summed E-state index contributed by atoms with van der Waals surface area (Å²) in [6.07, 6.45) is 5.00. The Morgan fingerprint density at radius 2 is 2.00 bits per heavy atom. The SMILES string of the molecule is Cc1ccc2c3c1O[C@H]1c4nc5ccccc5cc4C[C@@]4(O)[C@H](C2)N(CC2CC2)CC[C@]314.Cl. The Hall–Kier alpha value is -2.14.